The van der Waals surface area contributed by atoms with Crippen molar-refractivity contribution in [3.05, 3.63) is 89.5 Å². The molecular formula is C19H19ClN2O. The van der Waals surface area contributed by atoms with Gasteiger partial charge in [-0.25, -0.2) is 4.98 Å². The lowest BCUT2D eigenvalue weighted by molar-refractivity contribution is 0.00982. The third-order valence-electron chi connectivity index (χ3n) is 4.05. The standard InChI is InChI=1S/C19H19ClN2O/c20-18-8-6-17(7-9-18)19(23,14-22-13-12-21-15-22)11-10-16-4-2-1-3-5-16/h1-9,12-13,15,23H,10-11,14H2. The quantitative estimate of drug-likeness (QED) is 0.742. The first kappa shape index (κ1) is 15.8. The summed E-state index contributed by atoms with van der Waals surface area (Å²) in [7, 11) is 0. The first-order chi connectivity index (χ1) is 11.2. The molecule has 1 aromatic heterocycles. The molecule has 0 spiro atoms. The molecule has 0 saturated heterocycles. The van der Waals surface area contributed by atoms with Crippen molar-refractivity contribution in [3.63, 3.8) is 0 Å². The Labute approximate surface area is 141 Å². The van der Waals surface area contributed by atoms with Crippen molar-refractivity contribution < 1.29 is 5.11 Å². The van der Waals surface area contributed by atoms with Crippen LogP contribution >= 0.6 is 11.6 Å². The molecule has 0 fully saturated rings. The molecule has 3 rings (SSSR count). The monoisotopic (exact) mass is 326 g/mol. The minimum Gasteiger partial charge on any atom is -0.383 e. The van der Waals surface area contributed by atoms with Gasteiger partial charge in [-0.05, 0) is 36.1 Å². The van der Waals surface area contributed by atoms with Crippen LogP contribution in [0.4, 0.5) is 0 Å². The number of aromatic nitrogens is 2. The highest BCUT2D eigenvalue weighted by Crippen LogP contribution is 2.30. The Bertz CT molecular complexity index is 726. The molecule has 0 aliphatic rings. The molecule has 3 aromatic rings. The lowest BCUT2D eigenvalue weighted by Gasteiger charge is -2.29. The van der Waals surface area contributed by atoms with Gasteiger partial charge in [-0.3, -0.25) is 0 Å². The van der Waals surface area contributed by atoms with Gasteiger partial charge in [0, 0.05) is 17.4 Å². The van der Waals surface area contributed by atoms with Crippen LogP contribution in [0, 0.1) is 0 Å². The summed E-state index contributed by atoms with van der Waals surface area (Å²) in [4.78, 5) is 4.06. The van der Waals surface area contributed by atoms with Crippen LogP contribution in [-0.2, 0) is 18.6 Å². The Morgan fingerprint density at radius 1 is 1.04 bits per heavy atom. The zero-order valence-electron chi connectivity index (χ0n) is 12.8. The lowest BCUT2D eigenvalue weighted by atomic mass is 9.87. The SMILES string of the molecule is OC(CCc1ccccc1)(Cn1ccnc1)c1ccc(Cl)cc1. The second kappa shape index (κ2) is 6.99. The van der Waals surface area contributed by atoms with Crippen molar-refractivity contribution >= 4 is 11.6 Å². The molecule has 0 bridgehead atoms. The van der Waals surface area contributed by atoms with E-state index in [1.165, 1.54) is 5.56 Å². The van der Waals surface area contributed by atoms with Gasteiger partial charge in [-0.2, -0.15) is 0 Å². The Morgan fingerprint density at radius 3 is 2.43 bits per heavy atom. The van der Waals surface area contributed by atoms with Crippen LogP contribution in [0.2, 0.25) is 5.02 Å². The highest BCUT2D eigenvalue weighted by atomic mass is 35.5. The van der Waals surface area contributed by atoms with Gasteiger partial charge in [0.05, 0.1) is 12.9 Å². The van der Waals surface area contributed by atoms with Crippen molar-refractivity contribution in [2.24, 2.45) is 0 Å². The van der Waals surface area contributed by atoms with E-state index in [4.69, 9.17) is 11.6 Å². The number of aliphatic hydroxyl groups is 1. The third-order valence-corrected chi connectivity index (χ3v) is 4.31. The van der Waals surface area contributed by atoms with Gasteiger partial charge < -0.3 is 9.67 Å². The van der Waals surface area contributed by atoms with E-state index in [0.29, 0.717) is 18.0 Å². The molecule has 0 saturated carbocycles. The maximum absolute atomic E-state index is 11.3. The van der Waals surface area contributed by atoms with Crippen molar-refractivity contribution in [2.45, 2.75) is 25.0 Å². The van der Waals surface area contributed by atoms with Crippen LogP contribution in [0.25, 0.3) is 0 Å². The summed E-state index contributed by atoms with van der Waals surface area (Å²) in [6, 6.07) is 17.6. The number of benzene rings is 2. The Kier molecular flexibility index (Phi) is 4.79. The summed E-state index contributed by atoms with van der Waals surface area (Å²) < 4.78 is 1.90. The first-order valence-electron chi connectivity index (χ1n) is 7.64. The molecule has 3 nitrogen and oxygen atoms in total. The van der Waals surface area contributed by atoms with Gasteiger partial charge in [0.15, 0.2) is 0 Å². The third kappa shape index (κ3) is 4.01. The van der Waals surface area contributed by atoms with Crippen LogP contribution in [0.15, 0.2) is 73.3 Å². The summed E-state index contributed by atoms with van der Waals surface area (Å²) in [5.41, 5.74) is 1.11. The minimum atomic E-state index is -0.971. The number of imidazole rings is 1. The molecule has 23 heavy (non-hydrogen) atoms. The number of hydrogen-bond donors (Lipinski definition) is 1. The number of rotatable bonds is 6. The lowest BCUT2D eigenvalue weighted by Crippen LogP contribution is -2.31. The second-order valence-electron chi connectivity index (χ2n) is 5.76. The first-order valence-corrected chi connectivity index (χ1v) is 8.02. The van der Waals surface area contributed by atoms with E-state index in [0.717, 1.165) is 12.0 Å². The van der Waals surface area contributed by atoms with Crippen molar-refractivity contribution in [1.82, 2.24) is 9.55 Å². The fourth-order valence-corrected chi connectivity index (χ4v) is 2.88. The van der Waals surface area contributed by atoms with Crippen LogP contribution in [-0.4, -0.2) is 14.7 Å². The molecule has 2 aromatic carbocycles. The molecule has 1 heterocycles. The van der Waals surface area contributed by atoms with Crippen LogP contribution in [0.1, 0.15) is 17.5 Å². The molecule has 118 valence electrons. The van der Waals surface area contributed by atoms with Gasteiger partial charge in [0.25, 0.3) is 0 Å². The van der Waals surface area contributed by atoms with Gasteiger partial charge in [0.1, 0.15) is 5.60 Å². The molecule has 0 amide bonds. The summed E-state index contributed by atoms with van der Waals surface area (Å²) in [5, 5.41) is 12.0. The predicted octanol–water partition coefficient (Wildman–Crippen LogP) is 4.06. The van der Waals surface area contributed by atoms with Crippen LogP contribution in [0.3, 0.4) is 0 Å². The minimum absolute atomic E-state index is 0.460. The summed E-state index contributed by atoms with van der Waals surface area (Å²) in [5.74, 6) is 0. The van der Waals surface area contributed by atoms with E-state index in [1.807, 2.05) is 53.2 Å². The Morgan fingerprint density at radius 2 is 1.78 bits per heavy atom. The zero-order chi connectivity index (χ0) is 16.1. The predicted molar refractivity (Wildman–Crippen MR) is 92.3 cm³/mol. The van der Waals surface area contributed by atoms with E-state index in [1.54, 1.807) is 12.5 Å². The van der Waals surface area contributed by atoms with Crippen LogP contribution in [0.5, 0.6) is 0 Å². The van der Waals surface area contributed by atoms with E-state index >= 15 is 0 Å². The number of hydrogen-bond acceptors (Lipinski definition) is 2. The number of halogens is 1. The maximum Gasteiger partial charge on any atom is 0.108 e. The highest BCUT2D eigenvalue weighted by molar-refractivity contribution is 6.30. The highest BCUT2D eigenvalue weighted by Gasteiger charge is 2.29. The molecule has 0 aliphatic carbocycles. The number of nitrogens with zero attached hydrogens (tertiary/aromatic N) is 2. The molecular weight excluding hydrogens is 308 g/mol. The largest absolute Gasteiger partial charge is 0.383 e. The maximum atomic E-state index is 11.3. The fourth-order valence-electron chi connectivity index (χ4n) is 2.75. The molecule has 4 heteroatoms. The average molecular weight is 327 g/mol. The molecule has 0 aliphatic heterocycles. The molecule has 0 radical (unpaired) electrons. The number of aryl methyl sites for hydroxylation is 1. The van der Waals surface area contributed by atoms with E-state index in [9.17, 15) is 5.11 Å². The molecule has 1 atom stereocenters. The van der Waals surface area contributed by atoms with E-state index in [2.05, 4.69) is 17.1 Å². The van der Waals surface area contributed by atoms with E-state index < -0.39 is 5.60 Å². The normalized spacial score (nSPS) is 13.7. The van der Waals surface area contributed by atoms with Crippen LogP contribution < -0.4 is 0 Å². The van der Waals surface area contributed by atoms with Crippen molar-refractivity contribution in [2.75, 3.05) is 0 Å². The molecule has 1 unspecified atom stereocenters. The Balaban J connectivity index is 1.84. The summed E-state index contributed by atoms with van der Waals surface area (Å²) in [6.45, 7) is 0.460. The second-order valence-corrected chi connectivity index (χ2v) is 6.20. The summed E-state index contributed by atoms with van der Waals surface area (Å²) in [6.07, 6.45) is 6.73. The van der Waals surface area contributed by atoms with Gasteiger partial charge in [-0.1, -0.05) is 54.1 Å². The van der Waals surface area contributed by atoms with Gasteiger partial charge in [0.2, 0.25) is 0 Å². The average Bonchev–Trinajstić information content (AvgIpc) is 3.07. The summed E-state index contributed by atoms with van der Waals surface area (Å²) >= 11 is 5.98. The van der Waals surface area contributed by atoms with E-state index in [-0.39, 0.29) is 0 Å². The molecule has 1 N–H and O–H groups in total. The van der Waals surface area contributed by atoms with Gasteiger partial charge >= 0.3 is 0 Å². The van der Waals surface area contributed by atoms with Crippen molar-refractivity contribution in [3.8, 4) is 0 Å². The van der Waals surface area contributed by atoms with Crippen molar-refractivity contribution in [1.29, 1.82) is 0 Å². The van der Waals surface area contributed by atoms with Gasteiger partial charge in [-0.15, -0.1) is 0 Å². The topological polar surface area (TPSA) is 38.0 Å². The smallest absolute Gasteiger partial charge is 0.108 e. The fraction of sp³-hybridized carbons (Fsp3) is 0.211. The zero-order valence-corrected chi connectivity index (χ0v) is 13.5. The Hall–Kier alpha value is -2.10.